The van der Waals surface area contributed by atoms with Crippen molar-refractivity contribution in [1.29, 1.82) is 0 Å². The second-order valence-electron chi connectivity index (χ2n) is 0. The summed E-state index contributed by atoms with van der Waals surface area (Å²) in [7, 11) is 0. The maximum absolute atomic E-state index is 0. The van der Waals surface area contributed by atoms with Gasteiger partial charge in [0, 0.05) is 0 Å². The molecule has 0 aromatic rings. The van der Waals surface area contributed by atoms with E-state index in [0.29, 0.717) is 0 Å². The summed E-state index contributed by atoms with van der Waals surface area (Å²) in [6.45, 7) is 0. The fraction of sp³-hybridized carbons (Fsp3) is 0. The van der Waals surface area contributed by atoms with Crippen molar-refractivity contribution in [3.8, 4) is 0 Å². The summed E-state index contributed by atoms with van der Waals surface area (Å²) in [5.74, 6) is 0. The molecule has 0 amide bonds. The third kappa shape index (κ3) is 8.83. The maximum Gasteiger partial charge on any atom is 2.00 e. The third-order valence-electron chi connectivity index (χ3n) is 0. The maximum atomic E-state index is 0. The van der Waals surface area contributed by atoms with Gasteiger partial charge in [0.05, 0.1) is 0 Å². The van der Waals surface area contributed by atoms with Crippen molar-refractivity contribution in [2.45, 2.75) is 0 Å². The van der Waals surface area contributed by atoms with Crippen LogP contribution in [-0.4, -0.2) is 48.9 Å². The van der Waals surface area contributed by atoms with Crippen LogP contribution in [0.4, 0.5) is 0 Å². The summed E-state index contributed by atoms with van der Waals surface area (Å²) in [6, 6.07) is 0. The van der Waals surface area contributed by atoms with Gasteiger partial charge in [-0.2, -0.15) is 0 Å². The van der Waals surface area contributed by atoms with Gasteiger partial charge in [-0.1, -0.05) is 0 Å². The second-order valence-corrected chi connectivity index (χ2v) is 0. The SMILES string of the molecule is Cl.[Ba+2].[Cl-].[H-].[H-].[Li+]. The summed E-state index contributed by atoms with van der Waals surface area (Å²) < 4.78 is 0. The molecule has 0 atom stereocenters. The number of hydrogen-bond donors (Lipinski definition) is 0. The fourth-order valence-corrected chi connectivity index (χ4v) is 0. The first-order valence-electron chi connectivity index (χ1n) is 0. The molecule has 20 valence electrons. The van der Waals surface area contributed by atoms with Gasteiger partial charge < -0.3 is 15.3 Å². The van der Waals surface area contributed by atoms with Crippen molar-refractivity contribution in [2.24, 2.45) is 0 Å². The molecule has 4 heavy (non-hydrogen) atoms. The summed E-state index contributed by atoms with van der Waals surface area (Å²) >= 11 is 0. The van der Waals surface area contributed by atoms with Gasteiger partial charge >= 0.3 is 67.7 Å². The Morgan fingerprint density at radius 2 is 1.25 bits per heavy atom. The van der Waals surface area contributed by atoms with E-state index in [4.69, 9.17) is 0 Å². The van der Waals surface area contributed by atoms with Crippen LogP contribution in [-0.2, 0) is 0 Å². The molecule has 0 nitrogen and oxygen atoms in total. The molecule has 0 aromatic heterocycles. The van der Waals surface area contributed by atoms with E-state index in [0.717, 1.165) is 0 Å². The Bertz CT molecular complexity index is 11.5. The van der Waals surface area contributed by atoms with Crippen LogP contribution in [0, 0.1) is 0 Å². The molecule has 0 aliphatic heterocycles. The molecule has 0 unspecified atom stereocenters. The molecule has 0 rings (SSSR count). The van der Waals surface area contributed by atoms with Crippen LogP contribution in [0.1, 0.15) is 2.85 Å². The number of rotatable bonds is 0. The Kier molecular flexibility index (Phi) is 127. The van der Waals surface area contributed by atoms with Gasteiger partial charge in [0.15, 0.2) is 0 Å². The van der Waals surface area contributed by atoms with Crippen LogP contribution < -0.4 is 31.3 Å². The first-order chi connectivity index (χ1) is 0. The smallest absolute Gasteiger partial charge is 1.00 e. The zero-order valence-electron chi connectivity index (χ0n) is 4.49. The van der Waals surface area contributed by atoms with Gasteiger partial charge in [0.1, 0.15) is 0 Å². The number of hydrogen-bond acceptors (Lipinski definition) is 0. The quantitative estimate of drug-likeness (QED) is 0.355. The molecule has 0 aliphatic carbocycles. The van der Waals surface area contributed by atoms with Gasteiger partial charge in [-0.15, -0.1) is 12.4 Å². The minimum absolute atomic E-state index is 0. The molecule has 0 aromatic carbocycles. The molecule has 0 heterocycles. The van der Waals surface area contributed by atoms with Gasteiger partial charge in [0.25, 0.3) is 0 Å². The average molecular weight is 218 g/mol. The van der Waals surface area contributed by atoms with Crippen molar-refractivity contribution in [3.05, 3.63) is 0 Å². The average Bonchev–Trinajstić information content (AvgIpc) is 0. The normalized spacial score (nSPS) is 0. The molecule has 0 saturated carbocycles. The first kappa shape index (κ1) is 29.5. The monoisotopic (exact) mass is 218 g/mol. The Hall–Kier alpha value is 2.75. The van der Waals surface area contributed by atoms with E-state index in [-0.39, 0.29) is 95.4 Å². The minimum Gasteiger partial charge on any atom is -1.00 e. The largest absolute Gasteiger partial charge is 2.00 e. The molecular weight excluding hydrogens is 215 g/mol. The van der Waals surface area contributed by atoms with Crippen LogP contribution in [0.25, 0.3) is 0 Å². The van der Waals surface area contributed by atoms with Gasteiger partial charge in [0.2, 0.25) is 0 Å². The molecule has 0 spiro atoms. The summed E-state index contributed by atoms with van der Waals surface area (Å²) in [4.78, 5) is 0. The van der Waals surface area contributed by atoms with Gasteiger partial charge in [-0.25, -0.2) is 0 Å². The van der Waals surface area contributed by atoms with Crippen molar-refractivity contribution in [3.63, 3.8) is 0 Å². The van der Waals surface area contributed by atoms with E-state index >= 15 is 0 Å². The van der Waals surface area contributed by atoms with Crippen molar-refractivity contribution in [1.82, 2.24) is 0 Å². The summed E-state index contributed by atoms with van der Waals surface area (Å²) in [5, 5.41) is 0. The van der Waals surface area contributed by atoms with Crippen LogP contribution in [0.2, 0.25) is 0 Å². The predicted octanol–water partition coefficient (Wildman–Crippen LogP) is -5.73. The molecule has 0 fully saturated rings. The molecule has 0 N–H and O–H groups in total. The van der Waals surface area contributed by atoms with Crippen molar-refractivity contribution >= 4 is 61.3 Å². The van der Waals surface area contributed by atoms with Crippen LogP contribution >= 0.6 is 12.4 Å². The Balaban J connectivity index is 0. The predicted molar refractivity (Wildman–Crippen MR) is 15.2 cm³/mol. The van der Waals surface area contributed by atoms with E-state index in [1.165, 1.54) is 0 Å². The number of halogens is 2. The van der Waals surface area contributed by atoms with E-state index in [1.54, 1.807) is 0 Å². The van der Waals surface area contributed by atoms with Gasteiger partial charge in [-0.05, 0) is 0 Å². The Morgan fingerprint density at radius 1 is 1.25 bits per heavy atom. The second kappa shape index (κ2) is 17.2. The third-order valence-corrected chi connectivity index (χ3v) is 0. The molecule has 0 aliphatic rings. The molecule has 0 saturated heterocycles. The van der Waals surface area contributed by atoms with Crippen LogP contribution in [0.5, 0.6) is 0 Å². The van der Waals surface area contributed by atoms with Crippen molar-refractivity contribution in [2.75, 3.05) is 0 Å². The van der Waals surface area contributed by atoms with E-state index < -0.39 is 0 Å². The van der Waals surface area contributed by atoms with Crippen LogP contribution in [0.15, 0.2) is 0 Å². The van der Waals surface area contributed by atoms with Crippen LogP contribution in [0.3, 0.4) is 0 Å². The van der Waals surface area contributed by atoms with Crippen molar-refractivity contribution < 1.29 is 34.1 Å². The zero-order chi connectivity index (χ0) is 0. The Morgan fingerprint density at radius 3 is 1.25 bits per heavy atom. The van der Waals surface area contributed by atoms with Gasteiger partial charge in [-0.3, -0.25) is 0 Å². The Labute approximate surface area is 93.5 Å². The van der Waals surface area contributed by atoms with E-state index in [9.17, 15) is 0 Å². The summed E-state index contributed by atoms with van der Waals surface area (Å²) in [6.07, 6.45) is 0. The topological polar surface area (TPSA) is 0 Å². The van der Waals surface area contributed by atoms with E-state index in [2.05, 4.69) is 0 Å². The summed E-state index contributed by atoms with van der Waals surface area (Å²) in [5.41, 5.74) is 0. The zero-order valence-corrected chi connectivity index (χ0v) is 8.51. The molecular formula is H3BaCl2Li. The first-order valence-corrected chi connectivity index (χ1v) is 0. The van der Waals surface area contributed by atoms with E-state index in [1.807, 2.05) is 0 Å². The molecule has 0 radical (unpaired) electrons. The minimum atomic E-state index is 0. The molecule has 0 bridgehead atoms. The molecule has 4 heteroatoms. The fourth-order valence-electron chi connectivity index (χ4n) is 0. The standard InChI is InChI=1S/Ba.2ClH.Li.2H/h;2*1H;;;/q+2;;;+1;2*-1/p-1.